The van der Waals surface area contributed by atoms with Gasteiger partial charge in [-0.25, -0.2) is 0 Å². The van der Waals surface area contributed by atoms with E-state index < -0.39 is 0 Å². The molecular formula is C30H53N3O. The minimum Gasteiger partial charge on any atom is -0.394 e. The van der Waals surface area contributed by atoms with Crippen LogP contribution in [-0.2, 0) is 0 Å². The number of nitrogens with zero attached hydrogens (tertiary/aromatic N) is 3. The van der Waals surface area contributed by atoms with Gasteiger partial charge in [-0.05, 0) is 58.3 Å². The Morgan fingerprint density at radius 1 is 0.676 bits per heavy atom. The summed E-state index contributed by atoms with van der Waals surface area (Å²) in [5, 5.41) is 9.72. The first kappa shape index (κ1) is 26.0. The highest BCUT2D eigenvalue weighted by molar-refractivity contribution is 5.78. The lowest BCUT2D eigenvalue weighted by atomic mass is 9.87. The molecule has 0 saturated heterocycles. The first-order chi connectivity index (χ1) is 16.8. The molecule has 194 valence electrons. The van der Waals surface area contributed by atoms with Gasteiger partial charge in [0.15, 0.2) is 0 Å². The fraction of sp³-hybridized carbons (Fsp3) is 0.900. The molecule has 0 heterocycles. The summed E-state index contributed by atoms with van der Waals surface area (Å²) >= 11 is 0. The van der Waals surface area contributed by atoms with E-state index in [2.05, 4.69) is 22.2 Å². The average Bonchev–Trinajstić information content (AvgIpc) is 2.92. The first-order valence-electron chi connectivity index (χ1n) is 15.2. The summed E-state index contributed by atoms with van der Waals surface area (Å²) in [5.74, 6) is 0. The molecule has 4 rings (SSSR count). The molecule has 0 spiro atoms. The first-order valence-corrected chi connectivity index (χ1v) is 15.2. The van der Waals surface area contributed by atoms with Crippen molar-refractivity contribution >= 4 is 6.21 Å². The van der Waals surface area contributed by atoms with Crippen molar-refractivity contribution < 1.29 is 5.11 Å². The van der Waals surface area contributed by atoms with Crippen molar-refractivity contribution in [3.8, 4) is 0 Å². The molecule has 0 aliphatic heterocycles. The maximum absolute atomic E-state index is 9.72. The fourth-order valence-corrected chi connectivity index (χ4v) is 7.28. The highest BCUT2D eigenvalue weighted by Gasteiger charge is 2.32. The Morgan fingerprint density at radius 2 is 1.06 bits per heavy atom. The highest BCUT2D eigenvalue weighted by Crippen LogP contribution is 2.35. The van der Waals surface area contributed by atoms with Crippen molar-refractivity contribution in [3.63, 3.8) is 0 Å². The van der Waals surface area contributed by atoms with Crippen molar-refractivity contribution in [3.05, 3.63) is 11.9 Å². The van der Waals surface area contributed by atoms with Gasteiger partial charge in [0.1, 0.15) is 0 Å². The number of aliphatic imine (C=N–C) groups is 1. The summed E-state index contributed by atoms with van der Waals surface area (Å²) in [5.41, 5.74) is 1.37. The van der Waals surface area contributed by atoms with Gasteiger partial charge in [-0.1, -0.05) is 77.0 Å². The Kier molecular flexibility index (Phi) is 10.6. The van der Waals surface area contributed by atoms with E-state index in [0.717, 1.165) is 0 Å². The highest BCUT2D eigenvalue weighted by atomic mass is 16.3. The molecular weight excluding hydrogens is 418 g/mol. The fourth-order valence-electron chi connectivity index (χ4n) is 7.28. The molecule has 4 nitrogen and oxygen atoms in total. The molecule has 4 heteroatoms. The zero-order chi connectivity index (χ0) is 23.6. The van der Waals surface area contributed by atoms with E-state index in [0.29, 0.717) is 24.2 Å². The molecule has 1 atom stereocenters. The van der Waals surface area contributed by atoms with Gasteiger partial charge < -0.3 is 14.9 Å². The zero-order valence-corrected chi connectivity index (χ0v) is 22.2. The molecule has 0 aromatic heterocycles. The lowest BCUT2D eigenvalue weighted by Gasteiger charge is -2.46. The normalized spacial score (nSPS) is 26.1. The zero-order valence-electron chi connectivity index (χ0n) is 22.2. The number of aliphatic hydroxyl groups excluding tert-OH is 1. The Labute approximate surface area is 210 Å². The maximum atomic E-state index is 9.72. The van der Waals surface area contributed by atoms with Gasteiger partial charge in [0.25, 0.3) is 0 Å². The lowest BCUT2D eigenvalue weighted by molar-refractivity contribution is 0.108. The third-order valence-electron chi connectivity index (χ3n) is 9.23. The third kappa shape index (κ3) is 7.24. The number of hydrogen-bond acceptors (Lipinski definition) is 4. The van der Waals surface area contributed by atoms with Crippen LogP contribution in [0.1, 0.15) is 135 Å². The van der Waals surface area contributed by atoms with Gasteiger partial charge in [-0.3, -0.25) is 4.99 Å². The van der Waals surface area contributed by atoms with E-state index in [4.69, 9.17) is 4.99 Å². The van der Waals surface area contributed by atoms with Crippen LogP contribution in [0.25, 0.3) is 0 Å². The van der Waals surface area contributed by atoms with Crippen molar-refractivity contribution in [2.24, 2.45) is 4.99 Å². The predicted molar refractivity (Wildman–Crippen MR) is 144 cm³/mol. The van der Waals surface area contributed by atoms with Gasteiger partial charge in [-0.15, -0.1) is 0 Å². The van der Waals surface area contributed by atoms with Crippen LogP contribution in [-0.4, -0.2) is 57.9 Å². The van der Waals surface area contributed by atoms with Crippen LogP contribution in [0.5, 0.6) is 0 Å². The summed E-state index contributed by atoms with van der Waals surface area (Å²) in [6.45, 7) is 2.17. The number of rotatable bonds is 9. The Morgan fingerprint density at radius 3 is 1.44 bits per heavy atom. The minimum atomic E-state index is -0.0271. The van der Waals surface area contributed by atoms with Crippen LogP contribution in [0.4, 0.5) is 0 Å². The molecule has 1 N–H and O–H groups in total. The van der Waals surface area contributed by atoms with Gasteiger partial charge in [0, 0.05) is 36.6 Å². The molecule has 4 aliphatic rings. The molecule has 0 amide bonds. The van der Waals surface area contributed by atoms with E-state index in [1.165, 1.54) is 134 Å². The maximum Gasteiger partial charge on any atom is 0.0714 e. The number of aliphatic hydroxyl groups is 1. The van der Waals surface area contributed by atoms with Crippen molar-refractivity contribution in [1.29, 1.82) is 0 Å². The molecule has 0 bridgehead atoms. The molecule has 4 aliphatic carbocycles. The topological polar surface area (TPSA) is 39.1 Å². The molecule has 4 fully saturated rings. The standard InChI is InChI=1S/C30H53N3O/c1-25(24-34)31-22-30(33(28-18-10-4-11-19-28)29-20-12-5-13-21-29)23-32(26-14-6-2-7-15-26)27-16-8-3-9-17-27/h22-23,25-29,34H,2-21,24H2,1H3. The molecule has 0 aromatic rings. The second-order valence-electron chi connectivity index (χ2n) is 11.9. The van der Waals surface area contributed by atoms with Crippen LogP contribution in [0.2, 0.25) is 0 Å². The Bertz CT molecular complexity index is 587. The van der Waals surface area contributed by atoms with Crippen LogP contribution in [0.15, 0.2) is 16.9 Å². The van der Waals surface area contributed by atoms with Crippen molar-refractivity contribution in [2.45, 2.75) is 166 Å². The average molecular weight is 472 g/mol. The summed E-state index contributed by atoms with van der Waals surface area (Å²) in [4.78, 5) is 10.6. The quantitative estimate of drug-likeness (QED) is 0.361. The molecule has 34 heavy (non-hydrogen) atoms. The second kappa shape index (κ2) is 13.9. The SMILES string of the molecule is CC(CO)N=CC(=CN(C1CCCCC1)C1CCCCC1)N(C1CCCCC1)C1CCCCC1. The molecule has 1 unspecified atom stereocenters. The van der Waals surface area contributed by atoms with E-state index in [9.17, 15) is 5.11 Å². The van der Waals surface area contributed by atoms with Crippen LogP contribution >= 0.6 is 0 Å². The van der Waals surface area contributed by atoms with Crippen LogP contribution in [0.3, 0.4) is 0 Å². The number of allylic oxidation sites excluding steroid dienone is 1. The van der Waals surface area contributed by atoms with E-state index in [1.807, 2.05) is 6.92 Å². The third-order valence-corrected chi connectivity index (χ3v) is 9.23. The van der Waals surface area contributed by atoms with Gasteiger partial charge in [0.05, 0.1) is 18.3 Å². The molecule has 0 radical (unpaired) electrons. The Hall–Kier alpha value is -1.03. The van der Waals surface area contributed by atoms with E-state index in [-0.39, 0.29) is 12.6 Å². The van der Waals surface area contributed by atoms with Gasteiger partial charge in [0.2, 0.25) is 0 Å². The second-order valence-corrected chi connectivity index (χ2v) is 11.9. The lowest BCUT2D eigenvalue weighted by Crippen LogP contribution is -2.47. The number of hydrogen-bond donors (Lipinski definition) is 1. The Balaban J connectivity index is 1.69. The van der Waals surface area contributed by atoms with E-state index in [1.54, 1.807) is 0 Å². The van der Waals surface area contributed by atoms with E-state index >= 15 is 0 Å². The summed E-state index contributed by atoms with van der Waals surface area (Å²) < 4.78 is 0. The molecule has 4 saturated carbocycles. The summed E-state index contributed by atoms with van der Waals surface area (Å²) in [6.07, 6.45) is 32.3. The summed E-state index contributed by atoms with van der Waals surface area (Å²) in [6, 6.07) is 2.71. The van der Waals surface area contributed by atoms with Crippen LogP contribution < -0.4 is 0 Å². The van der Waals surface area contributed by atoms with Crippen LogP contribution in [0, 0.1) is 0 Å². The van der Waals surface area contributed by atoms with Gasteiger partial charge >= 0.3 is 0 Å². The predicted octanol–water partition coefficient (Wildman–Crippen LogP) is 7.21. The largest absolute Gasteiger partial charge is 0.394 e. The smallest absolute Gasteiger partial charge is 0.0714 e. The monoisotopic (exact) mass is 471 g/mol. The molecule has 0 aromatic carbocycles. The summed E-state index contributed by atoms with van der Waals surface area (Å²) in [7, 11) is 0. The minimum absolute atomic E-state index is 0.0271. The van der Waals surface area contributed by atoms with Crippen molar-refractivity contribution in [1.82, 2.24) is 9.80 Å². The van der Waals surface area contributed by atoms with Crippen molar-refractivity contribution in [2.75, 3.05) is 6.61 Å². The van der Waals surface area contributed by atoms with Gasteiger partial charge in [-0.2, -0.15) is 0 Å².